The lowest BCUT2D eigenvalue weighted by Gasteiger charge is -2.08. The smallest absolute Gasteiger partial charge is 0.144 e. The average Bonchev–Trinajstić information content (AvgIpc) is 2.89. The quantitative estimate of drug-likeness (QED) is 0.653. The van der Waals surface area contributed by atoms with Crippen molar-refractivity contribution in [2.75, 3.05) is 0 Å². The number of nitrogens with one attached hydrogen (secondary N) is 1. The minimum Gasteiger partial charge on any atom is -0.469 e. The summed E-state index contributed by atoms with van der Waals surface area (Å²) in [5.41, 5.74) is 2.89. The van der Waals surface area contributed by atoms with E-state index in [1.54, 1.807) is 6.26 Å². The molecule has 2 heterocycles. The molecule has 0 fully saturated rings. The van der Waals surface area contributed by atoms with Crippen LogP contribution in [0.15, 0.2) is 51.6 Å². The standard InChI is InChI=1S/C15H11BrN2OS/c1-9-11(7-8-19-9)14-17-13(12(16)15(20)18-14)10-5-3-2-4-6-10/h2-8H,1H3,(H,17,18,20). The Morgan fingerprint density at radius 1 is 1.20 bits per heavy atom. The van der Waals surface area contributed by atoms with E-state index < -0.39 is 0 Å². The third-order valence-corrected chi connectivity index (χ3v) is 4.37. The number of rotatable bonds is 2. The van der Waals surface area contributed by atoms with Crippen molar-refractivity contribution in [1.82, 2.24) is 9.97 Å². The molecule has 1 aromatic carbocycles. The average molecular weight is 347 g/mol. The molecule has 0 aliphatic carbocycles. The van der Waals surface area contributed by atoms with E-state index in [-0.39, 0.29) is 0 Å². The zero-order valence-corrected chi connectivity index (χ0v) is 13.1. The summed E-state index contributed by atoms with van der Waals surface area (Å²) in [4.78, 5) is 7.74. The maximum absolute atomic E-state index is 5.34. The molecule has 0 saturated carbocycles. The lowest BCUT2D eigenvalue weighted by Crippen LogP contribution is -1.95. The van der Waals surface area contributed by atoms with Crippen molar-refractivity contribution in [1.29, 1.82) is 0 Å². The van der Waals surface area contributed by atoms with Crippen molar-refractivity contribution < 1.29 is 4.42 Å². The van der Waals surface area contributed by atoms with E-state index in [9.17, 15) is 0 Å². The molecule has 0 aliphatic heterocycles. The highest BCUT2D eigenvalue weighted by molar-refractivity contribution is 9.10. The van der Waals surface area contributed by atoms with Gasteiger partial charge in [-0.1, -0.05) is 42.5 Å². The van der Waals surface area contributed by atoms with Crippen LogP contribution in [0, 0.1) is 11.6 Å². The van der Waals surface area contributed by atoms with Gasteiger partial charge >= 0.3 is 0 Å². The second kappa shape index (κ2) is 5.34. The van der Waals surface area contributed by atoms with Gasteiger partial charge in [0.1, 0.15) is 16.2 Å². The highest BCUT2D eigenvalue weighted by Gasteiger charge is 2.12. The van der Waals surface area contributed by atoms with Gasteiger partial charge in [-0.05, 0) is 34.5 Å². The summed E-state index contributed by atoms with van der Waals surface area (Å²) in [7, 11) is 0. The first kappa shape index (κ1) is 13.3. The lowest BCUT2D eigenvalue weighted by molar-refractivity contribution is 0.535. The number of H-pyrrole nitrogens is 1. The van der Waals surface area contributed by atoms with Crippen LogP contribution >= 0.6 is 28.1 Å². The van der Waals surface area contributed by atoms with E-state index in [0.29, 0.717) is 10.5 Å². The van der Waals surface area contributed by atoms with Crippen LogP contribution in [0.5, 0.6) is 0 Å². The Balaban J connectivity index is 2.24. The van der Waals surface area contributed by atoms with E-state index in [0.717, 1.165) is 27.1 Å². The first-order valence-electron chi connectivity index (χ1n) is 6.06. The van der Waals surface area contributed by atoms with Gasteiger partial charge in [0.25, 0.3) is 0 Å². The second-order valence-electron chi connectivity index (χ2n) is 4.34. The third kappa shape index (κ3) is 2.34. The summed E-state index contributed by atoms with van der Waals surface area (Å²) < 4.78 is 6.65. The monoisotopic (exact) mass is 346 g/mol. The molecule has 2 aromatic heterocycles. The van der Waals surface area contributed by atoms with Gasteiger partial charge in [-0.25, -0.2) is 4.98 Å². The molecular formula is C15H11BrN2OS. The molecule has 0 amide bonds. The number of aromatic nitrogens is 2. The summed E-state index contributed by atoms with van der Waals surface area (Å²) in [6, 6.07) is 11.9. The lowest BCUT2D eigenvalue weighted by atomic mass is 10.1. The van der Waals surface area contributed by atoms with Crippen molar-refractivity contribution in [3.63, 3.8) is 0 Å². The van der Waals surface area contributed by atoms with Gasteiger partial charge in [-0.3, -0.25) is 0 Å². The van der Waals surface area contributed by atoms with Crippen LogP contribution in [0.4, 0.5) is 0 Å². The fourth-order valence-corrected chi connectivity index (χ4v) is 2.63. The van der Waals surface area contributed by atoms with Gasteiger partial charge in [0.2, 0.25) is 0 Å². The van der Waals surface area contributed by atoms with Crippen LogP contribution in [0.25, 0.3) is 22.6 Å². The van der Waals surface area contributed by atoms with Crippen LogP contribution in [0.3, 0.4) is 0 Å². The van der Waals surface area contributed by atoms with Crippen LogP contribution in [-0.2, 0) is 0 Å². The fraction of sp³-hybridized carbons (Fsp3) is 0.0667. The number of nitrogens with zero attached hydrogens (tertiary/aromatic N) is 1. The Labute approximate surface area is 129 Å². The van der Waals surface area contributed by atoms with Crippen molar-refractivity contribution in [3.8, 4) is 22.6 Å². The fourth-order valence-electron chi connectivity index (χ4n) is 2.02. The molecule has 3 nitrogen and oxygen atoms in total. The SMILES string of the molecule is Cc1occc1-c1nc(=S)c(Br)c(-c2ccccc2)[nH]1. The topological polar surface area (TPSA) is 41.8 Å². The summed E-state index contributed by atoms with van der Waals surface area (Å²) in [5, 5.41) is 0. The Morgan fingerprint density at radius 3 is 2.60 bits per heavy atom. The summed E-state index contributed by atoms with van der Waals surface area (Å²) in [5.74, 6) is 1.52. The highest BCUT2D eigenvalue weighted by Crippen LogP contribution is 2.30. The van der Waals surface area contributed by atoms with Gasteiger partial charge in [-0.2, -0.15) is 0 Å². The van der Waals surface area contributed by atoms with Crippen LogP contribution in [0.2, 0.25) is 0 Å². The van der Waals surface area contributed by atoms with Gasteiger partial charge in [0.05, 0.1) is 22.0 Å². The Morgan fingerprint density at radius 2 is 1.95 bits per heavy atom. The minimum absolute atomic E-state index is 0.526. The molecule has 100 valence electrons. The predicted octanol–water partition coefficient (Wildman–Crippen LogP) is 5.14. The van der Waals surface area contributed by atoms with E-state index in [2.05, 4.69) is 25.9 Å². The number of aromatic amines is 1. The van der Waals surface area contributed by atoms with Crippen LogP contribution in [-0.4, -0.2) is 9.97 Å². The molecule has 5 heteroatoms. The first-order valence-corrected chi connectivity index (χ1v) is 7.26. The van der Waals surface area contributed by atoms with E-state index in [4.69, 9.17) is 16.6 Å². The van der Waals surface area contributed by atoms with E-state index >= 15 is 0 Å². The predicted molar refractivity (Wildman–Crippen MR) is 85.0 cm³/mol. The van der Waals surface area contributed by atoms with E-state index in [1.165, 1.54) is 0 Å². The molecule has 0 radical (unpaired) electrons. The maximum atomic E-state index is 5.34. The van der Waals surface area contributed by atoms with Crippen LogP contribution < -0.4 is 0 Å². The largest absolute Gasteiger partial charge is 0.469 e. The molecule has 0 bridgehead atoms. The van der Waals surface area contributed by atoms with Crippen molar-refractivity contribution in [2.45, 2.75) is 6.92 Å². The van der Waals surface area contributed by atoms with Crippen LogP contribution in [0.1, 0.15) is 5.76 Å². The molecular weight excluding hydrogens is 336 g/mol. The molecule has 3 aromatic rings. The van der Waals surface area contributed by atoms with Gasteiger partial charge in [0, 0.05) is 0 Å². The zero-order chi connectivity index (χ0) is 14.1. The molecule has 0 spiro atoms. The number of hydrogen-bond donors (Lipinski definition) is 1. The molecule has 0 unspecified atom stereocenters. The summed E-state index contributed by atoms with van der Waals surface area (Å²) >= 11 is 8.85. The number of benzene rings is 1. The second-order valence-corrected chi connectivity index (χ2v) is 5.52. The van der Waals surface area contributed by atoms with E-state index in [1.807, 2.05) is 43.3 Å². The third-order valence-electron chi connectivity index (χ3n) is 3.04. The normalized spacial score (nSPS) is 10.7. The molecule has 20 heavy (non-hydrogen) atoms. The number of aryl methyl sites for hydroxylation is 1. The Hall–Kier alpha value is -1.72. The van der Waals surface area contributed by atoms with Crippen molar-refractivity contribution in [2.24, 2.45) is 0 Å². The Bertz CT molecular complexity index is 808. The highest BCUT2D eigenvalue weighted by atomic mass is 79.9. The summed E-state index contributed by atoms with van der Waals surface area (Å²) in [6.45, 7) is 1.90. The Kier molecular flexibility index (Phi) is 3.54. The van der Waals surface area contributed by atoms with Crippen molar-refractivity contribution in [3.05, 3.63) is 57.5 Å². The molecule has 3 rings (SSSR count). The number of furan rings is 1. The van der Waals surface area contributed by atoms with Gasteiger partial charge < -0.3 is 9.40 Å². The number of halogens is 1. The number of hydrogen-bond acceptors (Lipinski definition) is 3. The van der Waals surface area contributed by atoms with Gasteiger partial charge in [0.15, 0.2) is 0 Å². The van der Waals surface area contributed by atoms with Crippen molar-refractivity contribution >= 4 is 28.1 Å². The maximum Gasteiger partial charge on any atom is 0.144 e. The summed E-state index contributed by atoms with van der Waals surface area (Å²) in [6.07, 6.45) is 1.65. The molecule has 0 atom stereocenters. The zero-order valence-electron chi connectivity index (χ0n) is 10.7. The molecule has 1 N–H and O–H groups in total. The minimum atomic E-state index is 0.526. The first-order chi connectivity index (χ1) is 9.66. The molecule has 0 aliphatic rings. The van der Waals surface area contributed by atoms with Gasteiger partial charge in [-0.15, -0.1) is 0 Å². The molecule has 0 saturated heterocycles.